The molecule has 0 bridgehead atoms. The molecule has 0 aliphatic heterocycles. The topological polar surface area (TPSA) is 12.9 Å². The molecule has 0 aliphatic carbocycles. The first-order valence-corrected chi connectivity index (χ1v) is 3.75. The van der Waals surface area contributed by atoms with Crippen LogP contribution in [-0.2, 0) is 0 Å². The van der Waals surface area contributed by atoms with E-state index >= 15 is 0 Å². The van der Waals surface area contributed by atoms with Gasteiger partial charge in [-0.2, -0.15) is 13.5 Å². The van der Waals surface area contributed by atoms with Gasteiger partial charge in [-0.3, -0.25) is 0 Å². The van der Waals surface area contributed by atoms with Crippen LogP contribution in [0.1, 0.15) is 0 Å². The molecule has 1 nitrogen and oxygen atoms in total. The van der Waals surface area contributed by atoms with E-state index in [4.69, 9.17) is 11.6 Å². The molecule has 0 amide bonds. The Labute approximate surface area is 82.8 Å². The van der Waals surface area contributed by atoms with E-state index in [1.165, 1.54) is 0 Å². The summed E-state index contributed by atoms with van der Waals surface area (Å²) in [5.41, 5.74) is 0. The number of fused-ring (bicyclic) bond motifs is 1. The minimum Gasteiger partial charge on any atom is -0.244 e. The highest BCUT2D eigenvalue weighted by Gasteiger charge is 1.95. The van der Waals surface area contributed by atoms with E-state index in [2.05, 4.69) is 4.98 Å². The quantitative estimate of drug-likeness (QED) is 0.592. The highest BCUT2D eigenvalue weighted by atomic mass is 35.5. The standard InChI is InChI=1S/C9H6ClN.H2S/c10-9-8-4-2-1-3-7(8)5-6-11-9;/h1-6H;1H2. The van der Waals surface area contributed by atoms with E-state index in [1.54, 1.807) is 6.20 Å². The van der Waals surface area contributed by atoms with Crippen LogP contribution in [0.2, 0.25) is 5.15 Å². The van der Waals surface area contributed by atoms with Crippen molar-refractivity contribution in [2.45, 2.75) is 0 Å². The van der Waals surface area contributed by atoms with E-state index in [0.29, 0.717) is 5.15 Å². The zero-order chi connectivity index (χ0) is 7.68. The number of rotatable bonds is 0. The molecule has 3 heteroatoms. The summed E-state index contributed by atoms with van der Waals surface area (Å²) in [6.07, 6.45) is 1.71. The van der Waals surface area contributed by atoms with Gasteiger partial charge in [0.05, 0.1) is 0 Å². The molecule has 0 atom stereocenters. The van der Waals surface area contributed by atoms with Crippen molar-refractivity contribution < 1.29 is 0 Å². The van der Waals surface area contributed by atoms with E-state index in [0.717, 1.165) is 10.8 Å². The monoisotopic (exact) mass is 197 g/mol. The van der Waals surface area contributed by atoms with Crippen molar-refractivity contribution in [3.8, 4) is 0 Å². The lowest BCUT2D eigenvalue weighted by atomic mass is 10.2. The number of nitrogens with zero attached hydrogens (tertiary/aromatic N) is 1. The summed E-state index contributed by atoms with van der Waals surface area (Å²) in [6, 6.07) is 9.86. The zero-order valence-corrected chi connectivity index (χ0v) is 8.05. The van der Waals surface area contributed by atoms with Gasteiger partial charge in [-0.15, -0.1) is 0 Å². The smallest absolute Gasteiger partial charge is 0.136 e. The Morgan fingerprint density at radius 2 is 1.83 bits per heavy atom. The third kappa shape index (κ3) is 1.54. The van der Waals surface area contributed by atoms with Crippen molar-refractivity contribution >= 4 is 35.9 Å². The average molecular weight is 198 g/mol. The van der Waals surface area contributed by atoms with Crippen molar-refractivity contribution in [2.75, 3.05) is 0 Å². The Morgan fingerprint density at radius 3 is 2.58 bits per heavy atom. The number of aromatic nitrogens is 1. The molecular formula is C9H8ClNS. The van der Waals surface area contributed by atoms with Crippen molar-refractivity contribution in [2.24, 2.45) is 0 Å². The van der Waals surface area contributed by atoms with E-state index < -0.39 is 0 Å². The minimum absolute atomic E-state index is 0. The number of benzene rings is 1. The van der Waals surface area contributed by atoms with Gasteiger partial charge in [0.25, 0.3) is 0 Å². The molecule has 0 fully saturated rings. The van der Waals surface area contributed by atoms with E-state index in [-0.39, 0.29) is 13.5 Å². The molecule has 0 radical (unpaired) electrons. The molecule has 0 spiro atoms. The molecule has 62 valence electrons. The van der Waals surface area contributed by atoms with Crippen LogP contribution in [-0.4, -0.2) is 4.98 Å². The molecule has 0 N–H and O–H groups in total. The van der Waals surface area contributed by atoms with Gasteiger partial charge in [-0.1, -0.05) is 35.9 Å². The van der Waals surface area contributed by atoms with Crippen LogP contribution in [0.4, 0.5) is 0 Å². The van der Waals surface area contributed by atoms with Gasteiger partial charge in [0.15, 0.2) is 0 Å². The second-order valence-corrected chi connectivity index (χ2v) is 2.68. The zero-order valence-electron chi connectivity index (χ0n) is 6.29. The summed E-state index contributed by atoms with van der Waals surface area (Å²) < 4.78 is 0. The van der Waals surface area contributed by atoms with Crippen LogP contribution in [0.5, 0.6) is 0 Å². The molecule has 0 saturated heterocycles. The summed E-state index contributed by atoms with van der Waals surface area (Å²) in [7, 11) is 0. The van der Waals surface area contributed by atoms with Crippen molar-refractivity contribution in [3.05, 3.63) is 41.7 Å². The minimum atomic E-state index is 0. The van der Waals surface area contributed by atoms with Gasteiger partial charge in [0, 0.05) is 11.6 Å². The summed E-state index contributed by atoms with van der Waals surface area (Å²) in [6.45, 7) is 0. The lowest BCUT2D eigenvalue weighted by molar-refractivity contribution is 1.36. The number of hydrogen-bond donors (Lipinski definition) is 0. The normalized spacial score (nSPS) is 9.42. The predicted molar refractivity (Wildman–Crippen MR) is 57.1 cm³/mol. The SMILES string of the molecule is Clc1nccc2ccccc12.S. The molecule has 2 aromatic rings. The predicted octanol–water partition coefficient (Wildman–Crippen LogP) is 3.00. The lowest BCUT2D eigenvalue weighted by Crippen LogP contribution is -1.76. The van der Waals surface area contributed by atoms with Crippen LogP contribution in [0.15, 0.2) is 36.5 Å². The Morgan fingerprint density at radius 1 is 1.08 bits per heavy atom. The first-order chi connectivity index (χ1) is 5.38. The van der Waals surface area contributed by atoms with Gasteiger partial charge >= 0.3 is 0 Å². The fourth-order valence-corrected chi connectivity index (χ4v) is 1.31. The molecule has 0 unspecified atom stereocenters. The van der Waals surface area contributed by atoms with Crippen LogP contribution >= 0.6 is 25.1 Å². The van der Waals surface area contributed by atoms with Crippen LogP contribution < -0.4 is 0 Å². The summed E-state index contributed by atoms with van der Waals surface area (Å²) >= 11 is 5.85. The maximum Gasteiger partial charge on any atom is 0.136 e. The summed E-state index contributed by atoms with van der Waals surface area (Å²) in [5, 5.41) is 2.72. The fraction of sp³-hybridized carbons (Fsp3) is 0. The van der Waals surface area contributed by atoms with Gasteiger partial charge in [0.1, 0.15) is 5.15 Å². The highest BCUT2D eigenvalue weighted by Crippen LogP contribution is 2.19. The van der Waals surface area contributed by atoms with Crippen molar-refractivity contribution in [3.63, 3.8) is 0 Å². The first-order valence-electron chi connectivity index (χ1n) is 3.37. The molecule has 2 rings (SSSR count). The molecule has 12 heavy (non-hydrogen) atoms. The second-order valence-electron chi connectivity index (χ2n) is 2.32. The average Bonchev–Trinajstić information content (AvgIpc) is 2.06. The third-order valence-corrected chi connectivity index (χ3v) is 1.93. The summed E-state index contributed by atoms with van der Waals surface area (Å²) in [5.74, 6) is 0. The lowest BCUT2D eigenvalue weighted by Gasteiger charge is -1.96. The molecule has 0 aliphatic rings. The van der Waals surface area contributed by atoms with Gasteiger partial charge in [0.2, 0.25) is 0 Å². The maximum atomic E-state index is 5.85. The Balaban J connectivity index is 0.000000720. The first kappa shape index (κ1) is 9.36. The molecule has 1 heterocycles. The Kier molecular flexibility index (Phi) is 2.95. The number of pyridine rings is 1. The molecule has 0 saturated carbocycles. The van der Waals surface area contributed by atoms with Crippen molar-refractivity contribution in [1.29, 1.82) is 0 Å². The molecule has 1 aromatic heterocycles. The van der Waals surface area contributed by atoms with E-state index in [1.807, 2.05) is 30.3 Å². The highest BCUT2D eigenvalue weighted by molar-refractivity contribution is 7.59. The Bertz CT molecular complexity index is 384. The van der Waals surface area contributed by atoms with Gasteiger partial charge in [-0.05, 0) is 11.5 Å². The summed E-state index contributed by atoms with van der Waals surface area (Å²) in [4.78, 5) is 3.97. The van der Waals surface area contributed by atoms with Crippen LogP contribution in [0.25, 0.3) is 10.8 Å². The van der Waals surface area contributed by atoms with Gasteiger partial charge in [-0.25, -0.2) is 4.98 Å². The Hall–Kier alpha value is -0.730. The van der Waals surface area contributed by atoms with Gasteiger partial charge < -0.3 is 0 Å². The van der Waals surface area contributed by atoms with E-state index in [9.17, 15) is 0 Å². The molecule has 1 aromatic carbocycles. The van der Waals surface area contributed by atoms with Crippen LogP contribution in [0, 0.1) is 0 Å². The third-order valence-electron chi connectivity index (χ3n) is 1.63. The fourth-order valence-electron chi connectivity index (χ4n) is 1.08. The second kappa shape index (κ2) is 3.78. The maximum absolute atomic E-state index is 5.85. The largest absolute Gasteiger partial charge is 0.244 e. The number of halogens is 1. The van der Waals surface area contributed by atoms with Crippen LogP contribution in [0.3, 0.4) is 0 Å². The molecular weight excluding hydrogens is 190 g/mol. The number of hydrogen-bond acceptors (Lipinski definition) is 1. The van der Waals surface area contributed by atoms with Crippen molar-refractivity contribution in [1.82, 2.24) is 4.98 Å².